The summed E-state index contributed by atoms with van der Waals surface area (Å²) in [4.78, 5) is 16.5. The Labute approximate surface area is 145 Å². The minimum Gasteiger partial charge on any atom is -0.462 e. The summed E-state index contributed by atoms with van der Waals surface area (Å²) >= 11 is 0. The number of rotatable bonds is 6. The molecule has 0 atom stereocenters. The molecule has 6 nitrogen and oxygen atoms in total. The van der Waals surface area contributed by atoms with Crippen molar-refractivity contribution in [3.05, 3.63) is 60.4 Å². The number of hydrogen-bond acceptors (Lipinski definition) is 5. The number of nitrogens with zero attached hydrogens (tertiary/aromatic N) is 3. The molecule has 0 aliphatic heterocycles. The molecule has 3 aromatic rings. The molecule has 1 N–H and O–H groups in total. The van der Waals surface area contributed by atoms with Gasteiger partial charge in [-0.05, 0) is 31.2 Å². The zero-order valence-corrected chi connectivity index (χ0v) is 13.9. The Morgan fingerprint density at radius 2 is 2.04 bits per heavy atom. The maximum atomic E-state index is 12.2. The van der Waals surface area contributed by atoms with Crippen LogP contribution in [-0.2, 0) is 11.3 Å². The standard InChI is InChI=1S/C19H19N3O3/c1-2-25-19(24)16-7-4-9-20-18(16)15-6-3-5-14(13-15)17-8-10-22(21-17)11-12-23/h3-10,13,23H,2,11-12H2,1H3. The molecule has 0 spiro atoms. The number of benzene rings is 1. The Morgan fingerprint density at radius 3 is 2.84 bits per heavy atom. The topological polar surface area (TPSA) is 77.2 Å². The van der Waals surface area contributed by atoms with E-state index < -0.39 is 0 Å². The van der Waals surface area contributed by atoms with Crippen molar-refractivity contribution >= 4 is 5.97 Å². The Balaban J connectivity index is 1.98. The highest BCUT2D eigenvalue weighted by atomic mass is 16.5. The minimum absolute atomic E-state index is 0.0397. The third-order valence-corrected chi connectivity index (χ3v) is 3.70. The fraction of sp³-hybridized carbons (Fsp3) is 0.211. The molecule has 0 aliphatic carbocycles. The molecule has 0 fully saturated rings. The first-order chi connectivity index (χ1) is 12.2. The summed E-state index contributed by atoms with van der Waals surface area (Å²) in [5.41, 5.74) is 3.54. The first-order valence-corrected chi connectivity index (χ1v) is 8.10. The van der Waals surface area contributed by atoms with Gasteiger partial charge in [0.15, 0.2) is 0 Å². The highest BCUT2D eigenvalue weighted by Crippen LogP contribution is 2.26. The summed E-state index contributed by atoms with van der Waals surface area (Å²) in [6.45, 7) is 2.58. The second-order valence-electron chi connectivity index (χ2n) is 5.39. The van der Waals surface area contributed by atoms with Gasteiger partial charge in [-0.25, -0.2) is 4.79 Å². The molecule has 2 aromatic heterocycles. The van der Waals surface area contributed by atoms with Crippen molar-refractivity contribution in [2.45, 2.75) is 13.5 Å². The van der Waals surface area contributed by atoms with Crippen LogP contribution in [0.4, 0.5) is 0 Å². The summed E-state index contributed by atoms with van der Waals surface area (Å²) in [5, 5.41) is 13.4. The van der Waals surface area contributed by atoms with E-state index in [9.17, 15) is 4.79 Å². The number of carbonyl (C=O) groups is 1. The SMILES string of the molecule is CCOC(=O)c1cccnc1-c1cccc(-c2ccn(CCO)n2)c1. The molecule has 1 aromatic carbocycles. The van der Waals surface area contributed by atoms with Gasteiger partial charge in [-0.15, -0.1) is 0 Å². The van der Waals surface area contributed by atoms with Crippen LogP contribution in [0.1, 0.15) is 17.3 Å². The van der Waals surface area contributed by atoms with E-state index in [-0.39, 0.29) is 12.6 Å². The van der Waals surface area contributed by atoms with Crippen LogP contribution >= 0.6 is 0 Å². The normalized spacial score (nSPS) is 10.6. The Morgan fingerprint density at radius 1 is 1.20 bits per heavy atom. The molecule has 0 amide bonds. The molecule has 0 aliphatic rings. The number of aromatic nitrogens is 3. The first-order valence-electron chi connectivity index (χ1n) is 8.10. The highest BCUT2D eigenvalue weighted by Gasteiger charge is 2.15. The van der Waals surface area contributed by atoms with Crippen LogP contribution < -0.4 is 0 Å². The average Bonchev–Trinajstić information content (AvgIpc) is 3.11. The van der Waals surface area contributed by atoms with E-state index in [1.807, 2.05) is 36.5 Å². The number of pyridine rings is 1. The Hall–Kier alpha value is -2.99. The summed E-state index contributed by atoms with van der Waals surface area (Å²) in [5.74, 6) is -0.386. The van der Waals surface area contributed by atoms with Crippen LogP contribution in [0.2, 0.25) is 0 Å². The van der Waals surface area contributed by atoms with Crippen molar-refractivity contribution < 1.29 is 14.6 Å². The molecule has 0 unspecified atom stereocenters. The molecule has 2 heterocycles. The maximum absolute atomic E-state index is 12.2. The third kappa shape index (κ3) is 3.75. The Kier molecular flexibility index (Phi) is 5.20. The van der Waals surface area contributed by atoms with E-state index in [1.165, 1.54) is 0 Å². The van der Waals surface area contributed by atoms with E-state index >= 15 is 0 Å². The van der Waals surface area contributed by atoms with E-state index in [2.05, 4.69) is 10.1 Å². The lowest BCUT2D eigenvalue weighted by Gasteiger charge is -2.09. The number of ether oxygens (including phenoxy) is 1. The maximum Gasteiger partial charge on any atom is 0.340 e. The zero-order chi connectivity index (χ0) is 17.6. The van der Waals surface area contributed by atoms with E-state index in [1.54, 1.807) is 29.9 Å². The molecule has 25 heavy (non-hydrogen) atoms. The van der Waals surface area contributed by atoms with Gasteiger partial charge in [-0.3, -0.25) is 9.67 Å². The highest BCUT2D eigenvalue weighted by molar-refractivity contribution is 5.96. The third-order valence-electron chi connectivity index (χ3n) is 3.70. The van der Waals surface area contributed by atoms with Gasteiger partial charge in [0.05, 0.1) is 36.7 Å². The lowest BCUT2D eigenvalue weighted by molar-refractivity contribution is 0.0527. The predicted molar refractivity (Wildman–Crippen MR) is 93.9 cm³/mol. The monoisotopic (exact) mass is 337 g/mol. The molecule has 3 rings (SSSR count). The van der Waals surface area contributed by atoms with Crippen LogP contribution in [0.15, 0.2) is 54.9 Å². The van der Waals surface area contributed by atoms with Crippen LogP contribution in [0, 0.1) is 0 Å². The van der Waals surface area contributed by atoms with Crippen molar-refractivity contribution in [1.82, 2.24) is 14.8 Å². The van der Waals surface area contributed by atoms with E-state index in [0.717, 1.165) is 16.8 Å². The molecule has 6 heteroatoms. The van der Waals surface area contributed by atoms with Gasteiger partial charge in [0.25, 0.3) is 0 Å². The number of esters is 1. The zero-order valence-electron chi connectivity index (χ0n) is 13.9. The van der Waals surface area contributed by atoms with E-state index in [0.29, 0.717) is 24.4 Å². The van der Waals surface area contributed by atoms with Gasteiger partial charge in [0.1, 0.15) is 0 Å². The van der Waals surface area contributed by atoms with Crippen LogP contribution in [0.5, 0.6) is 0 Å². The molecule has 0 radical (unpaired) electrons. The molecule has 0 saturated carbocycles. The second-order valence-corrected chi connectivity index (χ2v) is 5.39. The van der Waals surface area contributed by atoms with Crippen LogP contribution in [-0.4, -0.2) is 39.1 Å². The van der Waals surface area contributed by atoms with Gasteiger partial charge in [0.2, 0.25) is 0 Å². The second kappa shape index (κ2) is 7.72. The number of aliphatic hydroxyl groups excluding tert-OH is 1. The van der Waals surface area contributed by atoms with Crippen molar-refractivity contribution in [2.75, 3.05) is 13.2 Å². The first kappa shape index (κ1) is 16.9. The van der Waals surface area contributed by atoms with Crippen molar-refractivity contribution in [3.8, 4) is 22.5 Å². The number of hydrogen-bond donors (Lipinski definition) is 1. The summed E-state index contributed by atoms with van der Waals surface area (Å²) in [7, 11) is 0. The lowest BCUT2D eigenvalue weighted by Crippen LogP contribution is -2.07. The Bertz CT molecular complexity index is 874. The van der Waals surface area contributed by atoms with Gasteiger partial charge in [-0.2, -0.15) is 5.10 Å². The smallest absolute Gasteiger partial charge is 0.340 e. The van der Waals surface area contributed by atoms with Crippen molar-refractivity contribution in [1.29, 1.82) is 0 Å². The van der Waals surface area contributed by atoms with Gasteiger partial charge in [0, 0.05) is 23.5 Å². The van der Waals surface area contributed by atoms with E-state index in [4.69, 9.17) is 9.84 Å². The van der Waals surface area contributed by atoms with Crippen molar-refractivity contribution in [2.24, 2.45) is 0 Å². The van der Waals surface area contributed by atoms with Gasteiger partial charge in [-0.1, -0.05) is 18.2 Å². The van der Waals surface area contributed by atoms with Gasteiger partial charge >= 0.3 is 5.97 Å². The molecular formula is C19H19N3O3. The molecule has 128 valence electrons. The molecule has 0 bridgehead atoms. The average molecular weight is 337 g/mol. The quantitative estimate of drug-likeness (QED) is 0.700. The summed E-state index contributed by atoms with van der Waals surface area (Å²) in [6, 6.07) is 13.0. The molecule has 0 saturated heterocycles. The number of carbonyl (C=O) groups excluding carboxylic acids is 1. The summed E-state index contributed by atoms with van der Waals surface area (Å²) in [6.07, 6.45) is 3.48. The fourth-order valence-corrected chi connectivity index (χ4v) is 2.58. The number of aliphatic hydroxyl groups is 1. The fourth-order valence-electron chi connectivity index (χ4n) is 2.58. The van der Waals surface area contributed by atoms with Crippen molar-refractivity contribution in [3.63, 3.8) is 0 Å². The summed E-state index contributed by atoms with van der Waals surface area (Å²) < 4.78 is 6.80. The lowest BCUT2D eigenvalue weighted by atomic mass is 10.0. The minimum atomic E-state index is -0.386. The predicted octanol–water partition coefficient (Wildman–Crippen LogP) is 2.78. The van der Waals surface area contributed by atoms with Crippen LogP contribution in [0.25, 0.3) is 22.5 Å². The van der Waals surface area contributed by atoms with Gasteiger partial charge < -0.3 is 9.84 Å². The largest absolute Gasteiger partial charge is 0.462 e. The van der Waals surface area contributed by atoms with Crippen LogP contribution in [0.3, 0.4) is 0 Å². The molecular weight excluding hydrogens is 318 g/mol.